The van der Waals surface area contributed by atoms with Crippen LogP contribution in [-0.2, 0) is 29.2 Å². The first-order valence-electron chi connectivity index (χ1n) is 20.7. The summed E-state index contributed by atoms with van der Waals surface area (Å²) in [5.74, 6) is 2.39. The molecule has 288 valence electrons. The molecule has 55 heavy (non-hydrogen) atoms. The minimum absolute atomic E-state index is 0.00276. The monoisotopic (exact) mass is 740 g/mol. The zero-order valence-corrected chi connectivity index (χ0v) is 32.0. The summed E-state index contributed by atoms with van der Waals surface area (Å²) < 4.78 is 13.5. The van der Waals surface area contributed by atoms with Gasteiger partial charge >= 0.3 is 6.03 Å². The van der Waals surface area contributed by atoms with Gasteiger partial charge < -0.3 is 25.2 Å². The highest BCUT2D eigenvalue weighted by Crippen LogP contribution is 2.55. The van der Waals surface area contributed by atoms with Crippen LogP contribution in [0.4, 0.5) is 4.79 Å². The quantitative estimate of drug-likeness (QED) is 0.145. The van der Waals surface area contributed by atoms with E-state index in [2.05, 4.69) is 111 Å². The Kier molecular flexibility index (Phi) is 10.8. The normalized spacial score (nSPS) is 29.3. The third-order valence-corrected chi connectivity index (χ3v) is 13.1. The van der Waals surface area contributed by atoms with Gasteiger partial charge in [-0.3, -0.25) is 9.80 Å². The maximum absolute atomic E-state index is 13.2. The van der Waals surface area contributed by atoms with Gasteiger partial charge in [-0.1, -0.05) is 91.0 Å². The zero-order chi connectivity index (χ0) is 37.2. The van der Waals surface area contributed by atoms with E-state index in [-0.39, 0.29) is 30.4 Å². The summed E-state index contributed by atoms with van der Waals surface area (Å²) in [5, 5.41) is 16.3. The number of aliphatic hydroxyl groups excluding tert-OH is 1. The van der Waals surface area contributed by atoms with Crippen LogP contribution in [-0.4, -0.2) is 65.3 Å². The fraction of sp³-hybridized carbons (Fsp3) is 0.468. The lowest BCUT2D eigenvalue weighted by Gasteiger charge is -2.56. The van der Waals surface area contributed by atoms with E-state index in [1.54, 1.807) is 0 Å². The molecule has 6 aliphatic rings. The molecule has 0 unspecified atom stereocenters. The van der Waals surface area contributed by atoms with Crippen molar-refractivity contribution in [2.75, 3.05) is 32.7 Å². The van der Waals surface area contributed by atoms with Crippen molar-refractivity contribution in [2.24, 2.45) is 17.8 Å². The Bertz CT molecular complexity index is 1870. The number of benzene rings is 4. The number of piperazine rings is 1. The first-order valence-corrected chi connectivity index (χ1v) is 20.7. The fourth-order valence-corrected chi connectivity index (χ4v) is 10.7. The number of nitrogens with one attached hydrogen (secondary N) is 2. The lowest BCUT2D eigenvalue weighted by atomic mass is 9.53. The van der Waals surface area contributed by atoms with Crippen LogP contribution in [0.1, 0.15) is 85.2 Å². The predicted octanol–water partition coefficient (Wildman–Crippen LogP) is 7.98. The van der Waals surface area contributed by atoms with Gasteiger partial charge in [-0.05, 0) is 102 Å². The van der Waals surface area contributed by atoms with Crippen LogP contribution in [0.2, 0.25) is 0 Å². The van der Waals surface area contributed by atoms with E-state index in [4.69, 9.17) is 9.47 Å². The van der Waals surface area contributed by atoms with Gasteiger partial charge in [-0.25, -0.2) is 4.79 Å². The number of amides is 2. The molecular formula is C47H56N4O4. The molecule has 3 atom stereocenters. The van der Waals surface area contributed by atoms with Gasteiger partial charge in [0.1, 0.15) is 0 Å². The van der Waals surface area contributed by atoms with Gasteiger partial charge in [-0.2, -0.15) is 0 Å². The molecule has 0 radical (unpaired) electrons. The highest BCUT2D eigenvalue weighted by atomic mass is 16.7. The van der Waals surface area contributed by atoms with Crippen molar-refractivity contribution in [3.8, 4) is 11.1 Å². The lowest BCUT2D eigenvalue weighted by Crippen LogP contribution is -2.61. The number of hydrogen-bond donors (Lipinski definition) is 3. The van der Waals surface area contributed by atoms with E-state index < -0.39 is 6.29 Å². The smallest absolute Gasteiger partial charge is 0.315 e. The number of carbonyl (C=O) groups is 1. The number of hydrogen-bond acceptors (Lipinski definition) is 6. The van der Waals surface area contributed by atoms with Gasteiger partial charge in [0.25, 0.3) is 0 Å². The second-order valence-corrected chi connectivity index (χ2v) is 17.2. The summed E-state index contributed by atoms with van der Waals surface area (Å²) in [7, 11) is 0. The van der Waals surface area contributed by atoms with Crippen LogP contribution in [0.15, 0.2) is 103 Å². The number of ether oxygens (including phenoxy) is 2. The van der Waals surface area contributed by atoms with Crippen LogP contribution >= 0.6 is 0 Å². The molecule has 8 heteroatoms. The number of nitrogens with zero attached hydrogens (tertiary/aromatic N) is 2. The van der Waals surface area contributed by atoms with E-state index in [0.29, 0.717) is 6.54 Å². The average molecular weight is 741 g/mol. The highest BCUT2D eigenvalue weighted by Gasteiger charge is 2.51. The van der Waals surface area contributed by atoms with Crippen LogP contribution in [0, 0.1) is 17.8 Å². The Hall–Kier alpha value is -4.05. The van der Waals surface area contributed by atoms with Crippen molar-refractivity contribution >= 4 is 6.03 Å². The molecule has 2 amide bonds. The Labute approximate surface area is 326 Å². The van der Waals surface area contributed by atoms with Crippen molar-refractivity contribution in [3.05, 3.63) is 131 Å². The number of carbonyl (C=O) groups excluding carboxylic acids is 1. The van der Waals surface area contributed by atoms with E-state index >= 15 is 0 Å². The molecule has 4 aliphatic carbocycles. The molecule has 10 rings (SSSR count). The molecule has 4 saturated carbocycles. The van der Waals surface area contributed by atoms with Crippen LogP contribution in [0.3, 0.4) is 0 Å². The van der Waals surface area contributed by atoms with Crippen LogP contribution in [0.25, 0.3) is 11.1 Å². The SMILES string of the molecule is O=C(NCc1cccc(-c2cccc([C@H]3O[C@@H](CN4CCN(Cc5ccccc5)CC4)C[C@@H](c4ccc(CO)cc4)O3)c2)c1)NC12CC3CC(CC(C3)C1)C2. The molecular weight excluding hydrogens is 685 g/mol. The number of aliphatic hydroxyl groups is 1. The summed E-state index contributed by atoms with van der Waals surface area (Å²) >= 11 is 0. The predicted molar refractivity (Wildman–Crippen MR) is 215 cm³/mol. The fourth-order valence-electron chi connectivity index (χ4n) is 10.7. The molecule has 3 N–H and O–H groups in total. The Balaban J connectivity index is 0.859. The molecule has 6 fully saturated rings. The summed E-state index contributed by atoms with van der Waals surface area (Å²) in [4.78, 5) is 18.3. The lowest BCUT2D eigenvalue weighted by molar-refractivity contribution is -0.253. The van der Waals surface area contributed by atoms with Crippen LogP contribution < -0.4 is 10.6 Å². The van der Waals surface area contributed by atoms with Crippen molar-refractivity contribution < 1.29 is 19.4 Å². The minimum Gasteiger partial charge on any atom is -0.392 e. The van der Waals surface area contributed by atoms with Crippen molar-refractivity contribution in [1.29, 1.82) is 0 Å². The molecule has 2 heterocycles. The summed E-state index contributed by atoms with van der Waals surface area (Å²) in [6.45, 7) is 6.46. The maximum atomic E-state index is 13.2. The van der Waals surface area contributed by atoms with Crippen molar-refractivity contribution in [3.63, 3.8) is 0 Å². The molecule has 8 nitrogen and oxygen atoms in total. The van der Waals surface area contributed by atoms with Gasteiger partial charge in [0.2, 0.25) is 0 Å². The summed E-state index contributed by atoms with van der Waals surface area (Å²) in [5.41, 5.74) is 7.61. The van der Waals surface area contributed by atoms with E-state index in [0.717, 1.165) is 116 Å². The standard InChI is InChI=1S/C47H56N4O4/c52-32-34-12-14-39(15-13-34)44-25-43(31-51-18-16-50(17-19-51)30-33-6-2-1-3-7-33)54-45(55-44)42-11-5-10-41(24-42)40-9-4-8-35(23-40)29-48-46(53)49-47-26-36-20-37(27-47)22-38(21-36)28-47/h1-15,23-24,36-38,43-45,52H,16-22,25-32H2,(H2,48,49,53)/t36?,37?,38?,43-,44+,45+,47?/m1/s1. The average Bonchev–Trinajstić information content (AvgIpc) is 3.21. The first kappa shape index (κ1) is 36.6. The highest BCUT2D eigenvalue weighted by molar-refractivity contribution is 5.75. The van der Waals surface area contributed by atoms with Crippen molar-refractivity contribution in [2.45, 2.75) is 88.7 Å². The third kappa shape index (κ3) is 8.69. The molecule has 0 aromatic heterocycles. The van der Waals surface area contributed by atoms with Gasteiger partial charge in [0.05, 0.1) is 18.8 Å². The van der Waals surface area contributed by atoms with Gasteiger partial charge in [0, 0.05) is 63.3 Å². The number of rotatable bonds is 11. The molecule has 4 bridgehead atoms. The Morgan fingerprint density at radius 3 is 2.04 bits per heavy atom. The topological polar surface area (TPSA) is 86.3 Å². The summed E-state index contributed by atoms with van der Waals surface area (Å²) in [6.07, 6.45) is 7.67. The zero-order valence-electron chi connectivity index (χ0n) is 32.0. The van der Waals surface area contributed by atoms with Crippen molar-refractivity contribution in [1.82, 2.24) is 20.4 Å². The third-order valence-electron chi connectivity index (χ3n) is 13.1. The van der Waals surface area contributed by atoms with Crippen LogP contribution in [0.5, 0.6) is 0 Å². The number of urea groups is 1. The van der Waals surface area contributed by atoms with E-state index in [1.807, 2.05) is 12.1 Å². The maximum Gasteiger partial charge on any atom is 0.315 e. The minimum atomic E-state index is -0.515. The second kappa shape index (κ2) is 16.2. The summed E-state index contributed by atoms with van der Waals surface area (Å²) in [6, 6.07) is 35.8. The molecule has 4 aromatic rings. The second-order valence-electron chi connectivity index (χ2n) is 17.2. The Morgan fingerprint density at radius 2 is 1.33 bits per heavy atom. The Morgan fingerprint density at radius 1 is 0.673 bits per heavy atom. The molecule has 2 aliphatic heterocycles. The molecule has 4 aromatic carbocycles. The van der Waals surface area contributed by atoms with Gasteiger partial charge in [0.15, 0.2) is 6.29 Å². The van der Waals surface area contributed by atoms with Gasteiger partial charge in [-0.15, -0.1) is 0 Å². The van der Waals surface area contributed by atoms with E-state index in [9.17, 15) is 9.90 Å². The first-order chi connectivity index (χ1) is 26.9. The molecule has 0 spiro atoms. The van der Waals surface area contributed by atoms with E-state index in [1.165, 1.54) is 24.8 Å². The molecule has 2 saturated heterocycles. The largest absolute Gasteiger partial charge is 0.392 e.